The number of benzene rings is 1. The quantitative estimate of drug-likeness (QED) is 0.641. The van der Waals surface area contributed by atoms with Crippen molar-refractivity contribution >= 4 is 24.0 Å². The lowest BCUT2D eigenvalue weighted by Gasteiger charge is -2.28. The predicted octanol–water partition coefficient (Wildman–Crippen LogP) is 1.22. The van der Waals surface area contributed by atoms with E-state index in [0.29, 0.717) is 11.6 Å². The van der Waals surface area contributed by atoms with Gasteiger partial charge in [0, 0.05) is 19.3 Å². The Morgan fingerprint density at radius 1 is 1.08 bits per heavy atom. The van der Waals surface area contributed by atoms with Gasteiger partial charge in [-0.05, 0) is 29.7 Å². The highest BCUT2D eigenvalue weighted by Crippen LogP contribution is 2.22. The fourth-order valence-electron chi connectivity index (χ4n) is 2.89. The number of rotatable bonds is 2. The van der Waals surface area contributed by atoms with Crippen molar-refractivity contribution in [1.82, 2.24) is 20.6 Å². The number of fused-ring (bicyclic) bond motifs is 1. The van der Waals surface area contributed by atoms with Gasteiger partial charge in [-0.1, -0.05) is 24.3 Å². The number of aromatic nitrogens is 2. The molecule has 7 nitrogen and oxygen atoms in total. The van der Waals surface area contributed by atoms with Crippen molar-refractivity contribution in [3.63, 3.8) is 0 Å². The first-order valence-corrected chi connectivity index (χ1v) is 7.68. The molecule has 1 aromatic carbocycles. The Balaban J connectivity index is 1.59. The molecule has 7 heteroatoms. The Kier molecular flexibility index (Phi) is 3.45. The van der Waals surface area contributed by atoms with Gasteiger partial charge in [0.2, 0.25) is 5.95 Å². The summed E-state index contributed by atoms with van der Waals surface area (Å²) in [6.07, 6.45) is 4.15. The average Bonchev–Trinajstić information content (AvgIpc) is 2.92. The Morgan fingerprint density at radius 2 is 1.92 bits per heavy atom. The Hall–Kier alpha value is -3.22. The molecule has 0 bridgehead atoms. The first-order chi connectivity index (χ1) is 11.7. The Bertz CT molecular complexity index is 862. The summed E-state index contributed by atoms with van der Waals surface area (Å²) in [4.78, 5) is 33.7. The number of hydrogen-bond donors (Lipinski definition) is 2. The Labute approximate surface area is 138 Å². The van der Waals surface area contributed by atoms with Crippen molar-refractivity contribution in [1.29, 1.82) is 0 Å². The summed E-state index contributed by atoms with van der Waals surface area (Å²) >= 11 is 0. The van der Waals surface area contributed by atoms with E-state index < -0.39 is 11.9 Å². The summed E-state index contributed by atoms with van der Waals surface area (Å²) in [5.41, 5.74) is 3.40. The summed E-state index contributed by atoms with van der Waals surface area (Å²) in [5.74, 6) is 0.163. The molecule has 3 amide bonds. The maximum absolute atomic E-state index is 11.6. The standard InChI is InChI=1S/C17H15N5O2/c23-15-14(20-17(24)21-15)9-13-5-7-18-16(19-13)22-8-6-11-3-1-2-4-12(11)10-22/h1-5,7,9H,6,8,10H2,(H2,20,21,23,24)/b14-9+. The zero-order chi connectivity index (χ0) is 16.5. The highest BCUT2D eigenvalue weighted by atomic mass is 16.2. The van der Waals surface area contributed by atoms with Crippen LogP contribution in [-0.4, -0.2) is 28.5 Å². The molecule has 0 radical (unpaired) electrons. The van der Waals surface area contributed by atoms with Crippen LogP contribution in [-0.2, 0) is 17.8 Å². The van der Waals surface area contributed by atoms with Crippen molar-refractivity contribution in [2.24, 2.45) is 0 Å². The third kappa shape index (κ3) is 2.71. The molecule has 2 aromatic rings. The molecule has 0 atom stereocenters. The van der Waals surface area contributed by atoms with Gasteiger partial charge in [-0.25, -0.2) is 14.8 Å². The van der Waals surface area contributed by atoms with Crippen LogP contribution in [0.2, 0.25) is 0 Å². The summed E-state index contributed by atoms with van der Waals surface area (Å²) in [6.45, 7) is 1.60. The van der Waals surface area contributed by atoms with Crippen molar-refractivity contribution < 1.29 is 9.59 Å². The number of carbonyl (C=O) groups is 2. The van der Waals surface area contributed by atoms with Crippen molar-refractivity contribution in [2.75, 3.05) is 11.4 Å². The molecule has 2 N–H and O–H groups in total. The van der Waals surface area contributed by atoms with E-state index in [4.69, 9.17) is 0 Å². The molecule has 2 aliphatic heterocycles. The van der Waals surface area contributed by atoms with E-state index in [2.05, 4.69) is 43.7 Å². The zero-order valence-corrected chi connectivity index (χ0v) is 12.8. The molecule has 120 valence electrons. The van der Waals surface area contributed by atoms with Crippen LogP contribution >= 0.6 is 0 Å². The van der Waals surface area contributed by atoms with Gasteiger partial charge in [0.15, 0.2) is 0 Å². The third-order valence-corrected chi connectivity index (χ3v) is 4.09. The molecular weight excluding hydrogens is 306 g/mol. The highest BCUT2D eigenvalue weighted by molar-refractivity contribution is 6.13. The normalized spacial score (nSPS) is 18.3. The predicted molar refractivity (Wildman–Crippen MR) is 87.9 cm³/mol. The number of imide groups is 1. The highest BCUT2D eigenvalue weighted by Gasteiger charge is 2.23. The minimum absolute atomic E-state index is 0.189. The molecule has 3 heterocycles. The maximum Gasteiger partial charge on any atom is 0.326 e. The molecule has 1 saturated heterocycles. The number of nitrogens with zero attached hydrogens (tertiary/aromatic N) is 3. The van der Waals surface area contributed by atoms with E-state index in [1.54, 1.807) is 18.3 Å². The van der Waals surface area contributed by atoms with Crippen LogP contribution in [0.25, 0.3) is 6.08 Å². The second kappa shape index (κ2) is 5.77. The van der Waals surface area contributed by atoms with Gasteiger partial charge in [-0.3, -0.25) is 10.1 Å². The van der Waals surface area contributed by atoms with Gasteiger partial charge < -0.3 is 10.2 Å². The van der Waals surface area contributed by atoms with Crippen LogP contribution in [0.1, 0.15) is 16.8 Å². The minimum Gasteiger partial charge on any atom is -0.336 e. The molecular formula is C17H15N5O2. The molecule has 0 unspecified atom stereocenters. The Morgan fingerprint density at radius 3 is 2.71 bits per heavy atom. The topological polar surface area (TPSA) is 87.2 Å². The molecule has 4 rings (SSSR count). The smallest absolute Gasteiger partial charge is 0.326 e. The van der Waals surface area contributed by atoms with Gasteiger partial charge in [0.05, 0.1) is 5.69 Å². The monoisotopic (exact) mass is 321 g/mol. The van der Waals surface area contributed by atoms with Crippen LogP contribution < -0.4 is 15.5 Å². The van der Waals surface area contributed by atoms with Gasteiger partial charge in [0.25, 0.3) is 5.91 Å². The van der Waals surface area contributed by atoms with Gasteiger partial charge >= 0.3 is 6.03 Å². The van der Waals surface area contributed by atoms with Crippen LogP contribution in [0.15, 0.2) is 42.2 Å². The van der Waals surface area contributed by atoms with Crippen LogP contribution in [0.4, 0.5) is 10.7 Å². The van der Waals surface area contributed by atoms with E-state index in [1.807, 2.05) is 6.07 Å². The summed E-state index contributed by atoms with van der Waals surface area (Å²) in [5, 5.41) is 4.62. The molecule has 0 saturated carbocycles. The molecule has 0 spiro atoms. The van der Waals surface area contributed by atoms with E-state index in [0.717, 1.165) is 19.5 Å². The fraction of sp³-hybridized carbons (Fsp3) is 0.176. The van der Waals surface area contributed by atoms with Gasteiger partial charge in [0.1, 0.15) is 5.70 Å². The first-order valence-electron chi connectivity index (χ1n) is 7.68. The lowest BCUT2D eigenvalue weighted by molar-refractivity contribution is -0.115. The average molecular weight is 321 g/mol. The van der Waals surface area contributed by atoms with Crippen LogP contribution in [0.5, 0.6) is 0 Å². The number of hydrogen-bond acceptors (Lipinski definition) is 5. The maximum atomic E-state index is 11.6. The van der Waals surface area contributed by atoms with E-state index in [9.17, 15) is 9.59 Å². The van der Waals surface area contributed by atoms with Gasteiger partial charge in [-0.2, -0.15) is 0 Å². The number of amides is 3. The zero-order valence-electron chi connectivity index (χ0n) is 12.8. The SMILES string of the molecule is O=C1NC(=O)/C(=C\c2ccnc(N3CCc4ccccc4C3)n2)N1. The van der Waals surface area contributed by atoms with Gasteiger partial charge in [-0.15, -0.1) is 0 Å². The molecule has 2 aliphatic rings. The van der Waals surface area contributed by atoms with E-state index in [-0.39, 0.29) is 5.70 Å². The van der Waals surface area contributed by atoms with Crippen LogP contribution in [0.3, 0.4) is 0 Å². The lowest BCUT2D eigenvalue weighted by atomic mass is 10.0. The molecule has 1 aromatic heterocycles. The fourth-order valence-corrected chi connectivity index (χ4v) is 2.89. The van der Waals surface area contributed by atoms with Crippen molar-refractivity contribution in [3.8, 4) is 0 Å². The largest absolute Gasteiger partial charge is 0.336 e. The first kappa shape index (κ1) is 14.4. The number of anilines is 1. The van der Waals surface area contributed by atoms with E-state index in [1.165, 1.54) is 11.1 Å². The number of urea groups is 1. The number of nitrogens with one attached hydrogen (secondary N) is 2. The summed E-state index contributed by atoms with van der Waals surface area (Å²) in [7, 11) is 0. The summed E-state index contributed by atoms with van der Waals surface area (Å²) < 4.78 is 0. The van der Waals surface area contributed by atoms with E-state index >= 15 is 0 Å². The second-order valence-corrected chi connectivity index (χ2v) is 5.69. The van der Waals surface area contributed by atoms with Crippen LogP contribution in [0, 0.1) is 0 Å². The van der Waals surface area contributed by atoms with Crippen molar-refractivity contribution in [3.05, 3.63) is 59.0 Å². The number of carbonyl (C=O) groups excluding carboxylic acids is 2. The summed E-state index contributed by atoms with van der Waals surface area (Å²) in [6, 6.07) is 9.53. The minimum atomic E-state index is -0.520. The molecule has 1 fully saturated rings. The molecule has 0 aliphatic carbocycles. The second-order valence-electron chi connectivity index (χ2n) is 5.69. The lowest BCUT2D eigenvalue weighted by Crippen LogP contribution is -2.31. The van der Waals surface area contributed by atoms with Crippen molar-refractivity contribution in [2.45, 2.75) is 13.0 Å². The molecule has 24 heavy (non-hydrogen) atoms. The third-order valence-electron chi connectivity index (χ3n) is 4.09.